The summed E-state index contributed by atoms with van der Waals surface area (Å²) in [5, 5.41) is 0.840. The van der Waals surface area contributed by atoms with Gasteiger partial charge in [0.2, 0.25) is 0 Å². The predicted molar refractivity (Wildman–Crippen MR) is 115 cm³/mol. The smallest absolute Gasteiger partial charge is 0.177 e. The maximum atomic E-state index is 13.9. The molecule has 132 valence electrons. The lowest BCUT2D eigenvalue weighted by molar-refractivity contribution is -0.116. The highest BCUT2D eigenvalue weighted by Gasteiger charge is 2.41. The van der Waals surface area contributed by atoms with E-state index in [-0.39, 0.29) is 5.78 Å². The quantitative estimate of drug-likeness (QED) is 0.531. The van der Waals surface area contributed by atoms with Crippen molar-refractivity contribution in [1.82, 2.24) is 0 Å². The molecule has 0 radical (unpaired) electrons. The largest absolute Gasteiger partial charge is 0.293 e. The van der Waals surface area contributed by atoms with Crippen molar-refractivity contribution >= 4 is 19.9 Å². The first-order valence-electron chi connectivity index (χ1n) is 9.10. The summed E-state index contributed by atoms with van der Waals surface area (Å²) < 4.78 is 0. The van der Waals surface area contributed by atoms with Crippen LogP contribution in [0.3, 0.4) is 0 Å². The van der Waals surface area contributed by atoms with Crippen LogP contribution in [0.4, 0.5) is 0 Å². The van der Waals surface area contributed by atoms with Gasteiger partial charge in [0.1, 0.15) is 0 Å². The third-order valence-electron chi connectivity index (χ3n) is 4.94. The van der Waals surface area contributed by atoms with Crippen LogP contribution in [0.5, 0.6) is 0 Å². The monoisotopic (exact) mass is 360 g/mol. The van der Waals surface area contributed by atoms with E-state index in [2.05, 4.69) is 31.2 Å². The van der Waals surface area contributed by atoms with Gasteiger partial charge in [-0.2, -0.15) is 0 Å². The molecular weight excluding hydrogens is 335 g/mol. The molecule has 0 aliphatic rings. The van der Waals surface area contributed by atoms with Crippen LogP contribution in [0, 0.1) is 0 Å². The number of ketones is 1. The van der Waals surface area contributed by atoms with Crippen molar-refractivity contribution in [2.75, 3.05) is 0 Å². The minimum absolute atomic E-state index is 0.196. The van der Waals surface area contributed by atoms with Crippen LogP contribution in [0.1, 0.15) is 36.5 Å². The Morgan fingerprint density at radius 3 is 1.62 bits per heavy atom. The van der Waals surface area contributed by atoms with Crippen LogP contribution >= 0.6 is 8.86 Å². The lowest BCUT2D eigenvalue weighted by atomic mass is 9.67. The summed E-state index contributed by atoms with van der Waals surface area (Å²) in [5.74, 6) is 0.196. The van der Waals surface area contributed by atoms with E-state index in [9.17, 15) is 4.79 Å². The van der Waals surface area contributed by atoms with E-state index in [1.54, 1.807) is 8.86 Å². The lowest BCUT2D eigenvalue weighted by Gasteiger charge is -2.34. The van der Waals surface area contributed by atoms with E-state index in [4.69, 9.17) is 0 Å². The molecule has 0 saturated heterocycles. The molecule has 0 amide bonds. The first kappa shape index (κ1) is 18.4. The highest BCUT2D eigenvalue weighted by molar-refractivity contribution is 7.27. The number of rotatable bonds is 7. The molecule has 3 aromatic rings. The number of Topliss-reactive ketones (excluding diaryl/α,β-unsaturated/α-hetero) is 1. The van der Waals surface area contributed by atoms with Crippen molar-refractivity contribution < 1.29 is 4.79 Å². The Labute approximate surface area is 157 Å². The molecule has 0 N–H and O–H groups in total. The second-order valence-electron chi connectivity index (χ2n) is 6.56. The standard InChI is InChI=1S/C24H25OP/c1-2-18-24(20-14-8-4-9-15-20,21-16-10-5-11-17-21)23(25)22(26)19-12-6-3-7-13-19/h3-17H,2,18H2,1,26H3. The van der Waals surface area contributed by atoms with Crippen LogP contribution in [-0.2, 0) is 10.2 Å². The highest BCUT2D eigenvalue weighted by Crippen LogP contribution is 2.39. The molecule has 0 fully saturated rings. The van der Waals surface area contributed by atoms with Crippen molar-refractivity contribution in [2.45, 2.75) is 25.2 Å². The van der Waals surface area contributed by atoms with Crippen LogP contribution in [0.2, 0.25) is 0 Å². The summed E-state index contributed by atoms with van der Waals surface area (Å²) in [7, 11) is 1.71. The Balaban J connectivity index is 2.20. The van der Waals surface area contributed by atoms with Gasteiger partial charge >= 0.3 is 0 Å². The van der Waals surface area contributed by atoms with Crippen LogP contribution in [0.25, 0.3) is 0 Å². The zero-order chi connectivity index (χ0) is 18.4. The Morgan fingerprint density at radius 1 is 0.769 bits per heavy atom. The molecule has 0 saturated carbocycles. The van der Waals surface area contributed by atoms with E-state index < -0.39 is 5.41 Å². The number of hydrogen-bond acceptors (Lipinski definition) is 1. The third kappa shape index (κ3) is 3.45. The second-order valence-corrected chi connectivity index (χ2v) is 7.27. The molecule has 1 atom stereocenters. The van der Waals surface area contributed by atoms with Crippen molar-refractivity contribution in [1.29, 1.82) is 0 Å². The molecule has 1 nitrogen and oxygen atoms in total. The van der Waals surface area contributed by atoms with Crippen LogP contribution in [-0.4, -0.2) is 11.1 Å². The topological polar surface area (TPSA) is 17.1 Å². The van der Waals surface area contributed by atoms with E-state index in [1.807, 2.05) is 66.7 Å². The SMILES string of the molecule is CCCC(C(=O)C(=[PH3])c1ccccc1)(c1ccccc1)c1ccccc1. The van der Waals surface area contributed by atoms with Gasteiger partial charge < -0.3 is 0 Å². The van der Waals surface area contributed by atoms with Crippen molar-refractivity contribution in [3.8, 4) is 0 Å². The fourth-order valence-electron chi connectivity index (χ4n) is 3.68. The van der Waals surface area contributed by atoms with E-state index in [1.165, 1.54) is 0 Å². The Morgan fingerprint density at radius 2 is 1.19 bits per heavy atom. The first-order valence-corrected chi connectivity index (χ1v) is 9.81. The minimum atomic E-state index is -0.649. The molecule has 0 aromatic heterocycles. The molecule has 3 rings (SSSR count). The van der Waals surface area contributed by atoms with Crippen molar-refractivity contribution in [3.05, 3.63) is 108 Å². The summed E-state index contributed by atoms with van der Waals surface area (Å²) in [6, 6.07) is 30.5. The van der Waals surface area contributed by atoms with Gasteiger partial charge in [0.05, 0.1) is 5.41 Å². The first-order chi connectivity index (χ1) is 12.7. The van der Waals surface area contributed by atoms with Gasteiger partial charge in [-0.25, -0.2) is 0 Å². The van der Waals surface area contributed by atoms with Gasteiger partial charge in [-0.1, -0.05) is 104 Å². The second kappa shape index (κ2) is 8.34. The number of carbonyl (C=O) groups is 1. The maximum absolute atomic E-state index is 13.9. The number of carbonyl (C=O) groups excluding carboxylic acids is 1. The Kier molecular flexibility index (Phi) is 5.91. The molecule has 0 spiro atoms. The van der Waals surface area contributed by atoms with Gasteiger partial charge in [-0.3, -0.25) is 4.79 Å². The van der Waals surface area contributed by atoms with E-state index in [0.717, 1.165) is 34.8 Å². The predicted octanol–water partition coefficient (Wildman–Crippen LogP) is 5.17. The van der Waals surface area contributed by atoms with E-state index in [0.29, 0.717) is 0 Å². The molecule has 3 aromatic carbocycles. The normalized spacial score (nSPS) is 11.3. The average molecular weight is 360 g/mol. The fraction of sp³-hybridized carbons (Fsp3) is 0.167. The van der Waals surface area contributed by atoms with Gasteiger partial charge in [0.15, 0.2) is 5.78 Å². The summed E-state index contributed by atoms with van der Waals surface area (Å²) in [4.78, 5) is 13.9. The molecule has 0 aliphatic heterocycles. The Hall–Kier alpha value is -2.37. The third-order valence-corrected chi connectivity index (χ3v) is 5.67. The minimum Gasteiger partial charge on any atom is -0.293 e. The molecule has 1 unspecified atom stereocenters. The molecule has 0 bridgehead atoms. The average Bonchev–Trinajstić information content (AvgIpc) is 2.73. The molecule has 0 heterocycles. The van der Waals surface area contributed by atoms with Crippen molar-refractivity contribution in [3.63, 3.8) is 0 Å². The number of benzene rings is 3. The highest BCUT2D eigenvalue weighted by atomic mass is 31.0. The van der Waals surface area contributed by atoms with Gasteiger partial charge in [-0.15, -0.1) is 8.86 Å². The zero-order valence-corrected chi connectivity index (χ0v) is 16.6. The molecule has 2 heteroatoms. The van der Waals surface area contributed by atoms with E-state index >= 15 is 0 Å². The summed E-state index contributed by atoms with van der Waals surface area (Å²) in [6.07, 6.45) is 1.72. The van der Waals surface area contributed by atoms with Crippen LogP contribution in [0.15, 0.2) is 91.0 Å². The maximum Gasteiger partial charge on any atom is 0.177 e. The lowest BCUT2D eigenvalue weighted by Crippen LogP contribution is -2.41. The fourth-order valence-corrected chi connectivity index (χ4v) is 4.22. The Bertz CT molecular complexity index is 830. The summed E-state index contributed by atoms with van der Waals surface area (Å²) in [6.45, 7) is 2.15. The molecule has 26 heavy (non-hydrogen) atoms. The number of hydrogen-bond donors (Lipinski definition) is 0. The van der Waals surface area contributed by atoms with Gasteiger partial charge in [-0.05, 0) is 23.1 Å². The summed E-state index contributed by atoms with van der Waals surface area (Å²) in [5.41, 5.74) is 2.49. The molecule has 0 aliphatic carbocycles. The van der Waals surface area contributed by atoms with Gasteiger partial charge in [0, 0.05) is 5.29 Å². The van der Waals surface area contributed by atoms with Gasteiger partial charge in [0.25, 0.3) is 0 Å². The van der Waals surface area contributed by atoms with Crippen LogP contribution < -0.4 is 0 Å². The summed E-state index contributed by atoms with van der Waals surface area (Å²) >= 11 is 0. The zero-order valence-electron chi connectivity index (χ0n) is 15.2. The van der Waals surface area contributed by atoms with Crippen molar-refractivity contribution in [2.24, 2.45) is 0 Å². The molecular formula is C24H25OP.